The van der Waals surface area contributed by atoms with Gasteiger partial charge in [-0.2, -0.15) is 0 Å². The predicted molar refractivity (Wildman–Crippen MR) is 85.8 cm³/mol. The van der Waals surface area contributed by atoms with E-state index in [0.29, 0.717) is 12.5 Å². The summed E-state index contributed by atoms with van der Waals surface area (Å²) in [6.45, 7) is 5.57. The van der Waals surface area contributed by atoms with Gasteiger partial charge in [0.1, 0.15) is 0 Å². The number of benzene rings is 1. The van der Waals surface area contributed by atoms with E-state index in [1.54, 1.807) is 12.1 Å². The standard InChI is InChI=1S/C16H24N4O2/c1-12-7-9-19(10-8-12)16(22)20(17)11-14-3-5-15(6-4-14)18-13(2)21/h3-6,12H,7-11,17H2,1-2H3,(H,18,21). The van der Waals surface area contributed by atoms with Crippen LogP contribution < -0.4 is 11.2 Å². The Hall–Kier alpha value is -2.08. The molecule has 0 saturated carbocycles. The Bertz CT molecular complexity index is 521. The Morgan fingerprint density at radius 3 is 2.41 bits per heavy atom. The van der Waals surface area contributed by atoms with Gasteiger partial charge in [-0.1, -0.05) is 19.1 Å². The summed E-state index contributed by atoms with van der Waals surface area (Å²) in [5.74, 6) is 6.47. The van der Waals surface area contributed by atoms with Crippen LogP contribution in [-0.2, 0) is 11.3 Å². The lowest BCUT2D eigenvalue weighted by atomic mass is 10.00. The molecule has 120 valence electrons. The summed E-state index contributed by atoms with van der Waals surface area (Å²) in [4.78, 5) is 25.1. The summed E-state index contributed by atoms with van der Waals surface area (Å²) in [6, 6.07) is 7.20. The Labute approximate surface area is 131 Å². The first-order valence-corrected chi connectivity index (χ1v) is 7.63. The van der Waals surface area contributed by atoms with Crippen molar-refractivity contribution in [2.45, 2.75) is 33.2 Å². The van der Waals surface area contributed by atoms with E-state index in [1.165, 1.54) is 11.9 Å². The Morgan fingerprint density at radius 1 is 1.27 bits per heavy atom. The van der Waals surface area contributed by atoms with Crippen LogP contribution >= 0.6 is 0 Å². The van der Waals surface area contributed by atoms with Gasteiger partial charge in [0.15, 0.2) is 0 Å². The molecule has 0 aliphatic carbocycles. The van der Waals surface area contributed by atoms with Gasteiger partial charge in [0.25, 0.3) is 0 Å². The zero-order valence-electron chi connectivity index (χ0n) is 13.2. The first kappa shape index (κ1) is 16.3. The number of likely N-dealkylation sites (tertiary alicyclic amines) is 1. The number of hydrogen-bond acceptors (Lipinski definition) is 3. The van der Waals surface area contributed by atoms with Crippen molar-refractivity contribution in [3.8, 4) is 0 Å². The number of anilines is 1. The molecule has 1 saturated heterocycles. The van der Waals surface area contributed by atoms with E-state index < -0.39 is 0 Å². The Morgan fingerprint density at radius 2 is 1.86 bits per heavy atom. The number of nitrogens with two attached hydrogens (primary N) is 1. The molecule has 1 aliphatic rings. The second-order valence-electron chi connectivity index (χ2n) is 5.96. The summed E-state index contributed by atoms with van der Waals surface area (Å²) in [5, 5.41) is 3.96. The van der Waals surface area contributed by atoms with Gasteiger partial charge >= 0.3 is 6.03 Å². The van der Waals surface area contributed by atoms with Gasteiger partial charge in [-0.25, -0.2) is 10.6 Å². The lowest BCUT2D eigenvalue weighted by Crippen LogP contribution is -2.49. The highest BCUT2D eigenvalue weighted by atomic mass is 16.2. The molecule has 0 atom stereocenters. The summed E-state index contributed by atoms with van der Waals surface area (Å²) in [6.07, 6.45) is 2.07. The minimum Gasteiger partial charge on any atom is -0.326 e. The maximum atomic E-state index is 12.3. The third-order valence-corrected chi connectivity index (χ3v) is 3.93. The lowest BCUT2D eigenvalue weighted by molar-refractivity contribution is -0.114. The van der Waals surface area contributed by atoms with E-state index in [0.717, 1.165) is 37.2 Å². The highest BCUT2D eigenvalue weighted by molar-refractivity contribution is 5.88. The third kappa shape index (κ3) is 4.46. The van der Waals surface area contributed by atoms with Crippen molar-refractivity contribution >= 4 is 17.6 Å². The second kappa shape index (κ2) is 7.26. The SMILES string of the molecule is CC(=O)Nc1ccc(CN(N)C(=O)N2CCC(C)CC2)cc1. The minimum atomic E-state index is -0.127. The summed E-state index contributed by atoms with van der Waals surface area (Å²) >= 11 is 0. The fourth-order valence-corrected chi connectivity index (χ4v) is 2.54. The molecule has 0 bridgehead atoms. The van der Waals surface area contributed by atoms with E-state index >= 15 is 0 Å². The molecule has 2 rings (SSSR count). The number of urea groups is 1. The van der Waals surface area contributed by atoms with E-state index in [1.807, 2.05) is 17.0 Å². The number of carbonyl (C=O) groups is 2. The minimum absolute atomic E-state index is 0.109. The molecule has 3 N–H and O–H groups in total. The molecule has 0 radical (unpaired) electrons. The fourth-order valence-electron chi connectivity index (χ4n) is 2.54. The monoisotopic (exact) mass is 304 g/mol. The van der Waals surface area contributed by atoms with Crippen LogP contribution in [0.2, 0.25) is 0 Å². The molecular weight excluding hydrogens is 280 g/mol. The molecule has 1 aromatic carbocycles. The fraction of sp³-hybridized carbons (Fsp3) is 0.500. The molecule has 1 aromatic rings. The number of carbonyl (C=O) groups excluding carboxylic acids is 2. The number of hydrazine groups is 1. The first-order valence-electron chi connectivity index (χ1n) is 7.63. The van der Waals surface area contributed by atoms with Gasteiger partial charge in [-0.15, -0.1) is 0 Å². The number of nitrogens with one attached hydrogen (secondary N) is 1. The van der Waals surface area contributed by atoms with E-state index in [-0.39, 0.29) is 11.9 Å². The molecule has 3 amide bonds. The summed E-state index contributed by atoms with van der Waals surface area (Å²) in [7, 11) is 0. The number of nitrogens with zero attached hydrogens (tertiary/aromatic N) is 2. The molecule has 1 aliphatic heterocycles. The van der Waals surface area contributed by atoms with E-state index in [2.05, 4.69) is 12.2 Å². The first-order chi connectivity index (χ1) is 10.5. The smallest absolute Gasteiger partial charge is 0.326 e. The number of amides is 3. The number of hydrogen-bond donors (Lipinski definition) is 2. The molecule has 1 heterocycles. The maximum absolute atomic E-state index is 12.3. The van der Waals surface area contributed by atoms with Crippen LogP contribution in [0.25, 0.3) is 0 Å². The third-order valence-electron chi connectivity index (χ3n) is 3.93. The van der Waals surface area contributed by atoms with Gasteiger partial charge in [-0.3, -0.25) is 9.80 Å². The van der Waals surface area contributed by atoms with Crippen molar-refractivity contribution in [3.63, 3.8) is 0 Å². The van der Waals surface area contributed by atoms with Gasteiger partial charge in [0, 0.05) is 25.7 Å². The molecule has 0 unspecified atom stereocenters. The second-order valence-corrected chi connectivity index (χ2v) is 5.96. The molecule has 6 nitrogen and oxygen atoms in total. The van der Waals surface area contributed by atoms with Crippen molar-refractivity contribution < 1.29 is 9.59 Å². The molecule has 0 aromatic heterocycles. The number of piperidine rings is 1. The van der Waals surface area contributed by atoms with E-state index in [4.69, 9.17) is 5.84 Å². The zero-order valence-corrected chi connectivity index (χ0v) is 13.2. The summed E-state index contributed by atoms with van der Waals surface area (Å²) in [5.41, 5.74) is 1.66. The van der Waals surface area contributed by atoms with Gasteiger partial charge < -0.3 is 10.2 Å². The zero-order chi connectivity index (χ0) is 16.1. The van der Waals surface area contributed by atoms with Crippen molar-refractivity contribution in [3.05, 3.63) is 29.8 Å². The van der Waals surface area contributed by atoms with Crippen LogP contribution in [0.5, 0.6) is 0 Å². The average Bonchev–Trinajstić information content (AvgIpc) is 2.49. The van der Waals surface area contributed by atoms with Crippen molar-refractivity contribution in [1.82, 2.24) is 9.91 Å². The average molecular weight is 304 g/mol. The quantitative estimate of drug-likeness (QED) is 0.510. The van der Waals surface area contributed by atoms with E-state index in [9.17, 15) is 9.59 Å². The van der Waals surface area contributed by atoms with Crippen LogP contribution in [0.15, 0.2) is 24.3 Å². The lowest BCUT2D eigenvalue weighted by Gasteiger charge is -2.33. The molecular formula is C16H24N4O2. The van der Waals surface area contributed by atoms with Crippen LogP contribution in [-0.4, -0.2) is 34.9 Å². The van der Waals surface area contributed by atoms with Crippen LogP contribution in [0.1, 0.15) is 32.3 Å². The highest BCUT2D eigenvalue weighted by Crippen LogP contribution is 2.17. The Kier molecular flexibility index (Phi) is 5.38. The van der Waals surface area contributed by atoms with Gasteiger partial charge in [-0.05, 0) is 36.5 Å². The van der Waals surface area contributed by atoms with Gasteiger partial charge in [0.2, 0.25) is 5.91 Å². The largest absolute Gasteiger partial charge is 0.334 e. The Balaban J connectivity index is 1.89. The molecule has 0 spiro atoms. The molecule has 22 heavy (non-hydrogen) atoms. The predicted octanol–water partition coefficient (Wildman–Crippen LogP) is 2.17. The topological polar surface area (TPSA) is 78.7 Å². The van der Waals surface area contributed by atoms with Crippen molar-refractivity contribution in [2.75, 3.05) is 18.4 Å². The van der Waals surface area contributed by atoms with Crippen molar-refractivity contribution in [1.29, 1.82) is 0 Å². The number of rotatable bonds is 3. The normalized spacial score (nSPS) is 15.5. The maximum Gasteiger partial charge on any atom is 0.334 e. The highest BCUT2D eigenvalue weighted by Gasteiger charge is 2.23. The summed E-state index contributed by atoms with van der Waals surface area (Å²) < 4.78 is 0. The molecule has 6 heteroatoms. The van der Waals surface area contributed by atoms with Crippen LogP contribution in [0.4, 0.5) is 10.5 Å². The van der Waals surface area contributed by atoms with Crippen LogP contribution in [0.3, 0.4) is 0 Å². The van der Waals surface area contributed by atoms with Gasteiger partial charge in [0.05, 0.1) is 6.54 Å². The van der Waals surface area contributed by atoms with Crippen LogP contribution in [0, 0.1) is 5.92 Å². The molecule has 1 fully saturated rings. The van der Waals surface area contributed by atoms with Crippen molar-refractivity contribution in [2.24, 2.45) is 11.8 Å².